The van der Waals surface area contributed by atoms with Crippen molar-refractivity contribution in [2.45, 2.75) is 18.8 Å². The summed E-state index contributed by atoms with van der Waals surface area (Å²) in [4.78, 5) is 0. The van der Waals surface area contributed by atoms with Gasteiger partial charge in [-0.3, -0.25) is 9.47 Å². The largest absolute Gasteiger partial charge is 0.522 e. The molecule has 0 aromatic heterocycles. The lowest BCUT2D eigenvalue weighted by Gasteiger charge is -2.17. The third kappa shape index (κ3) is 13.7. The maximum Gasteiger partial charge on any atom is 0.522 e. The summed E-state index contributed by atoms with van der Waals surface area (Å²) in [6, 6.07) is 0. The van der Waals surface area contributed by atoms with Gasteiger partial charge in [-0.15, -0.1) is 26.3 Å². The first kappa shape index (κ1) is 19.3. The zero-order chi connectivity index (χ0) is 15.9. The molecule has 0 unspecified atom stereocenters. The molecule has 122 valence electrons. The highest BCUT2D eigenvalue weighted by Crippen LogP contribution is 2.22. The lowest BCUT2D eigenvalue weighted by Crippen LogP contribution is -2.32. The van der Waals surface area contributed by atoms with Crippen molar-refractivity contribution in [2.24, 2.45) is 0 Å². The van der Waals surface area contributed by atoms with E-state index in [4.69, 9.17) is 0 Å². The lowest BCUT2D eigenvalue weighted by molar-refractivity contribution is -0.370. The summed E-state index contributed by atoms with van der Waals surface area (Å²) >= 11 is 0. The minimum absolute atomic E-state index is 0.548. The van der Waals surface area contributed by atoms with Crippen molar-refractivity contribution >= 4 is 0 Å². The molecule has 0 aromatic rings. The van der Waals surface area contributed by atoms with Gasteiger partial charge in [-0.25, -0.2) is 0 Å². The van der Waals surface area contributed by atoms with Crippen LogP contribution in [0.1, 0.15) is 0 Å². The molecule has 0 bridgehead atoms. The Hall–Kier alpha value is -0.720. The average molecular weight is 322 g/mol. The zero-order valence-corrected chi connectivity index (χ0v) is 9.69. The van der Waals surface area contributed by atoms with E-state index in [2.05, 4.69) is 18.9 Å². The Morgan fingerprint density at radius 2 is 1.00 bits per heavy atom. The van der Waals surface area contributed by atoms with Gasteiger partial charge in [-0.2, -0.15) is 8.78 Å². The summed E-state index contributed by atoms with van der Waals surface area (Å²) in [6.07, 6.45) is -14.2. The Balaban J connectivity index is 3.58. The second-order valence-corrected chi connectivity index (χ2v) is 3.13. The van der Waals surface area contributed by atoms with Crippen molar-refractivity contribution in [3.05, 3.63) is 0 Å². The lowest BCUT2D eigenvalue weighted by atomic mass is 10.6. The van der Waals surface area contributed by atoms with Gasteiger partial charge in [0.05, 0.1) is 26.4 Å². The molecule has 0 aliphatic carbocycles. The smallest absolute Gasteiger partial charge is 0.377 e. The van der Waals surface area contributed by atoms with Crippen molar-refractivity contribution in [3.8, 4) is 0 Å². The van der Waals surface area contributed by atoms with E-state index in [1.54, 1.807) is 0 Å². The normalized spacial score (nSPS) is 13.8. The molecule has 0 radical (unpaired) electrons. The molecule has 0 spiro atoms. The Labute approximate surface area is 107 Å². The van der Waals surface area contributed by atoms with Crippen LogP contribution in [0.2, 0.25) is 0 Å². The highest BCUT2D eigenvalue weighted by atomic mass is 19.4. The Morgan fingerprint density at radius 3 is 1.45 bits per heavy atom. The molecule has 12 heteroatoms. The molecule has 4 nitrogen and oxygen atoms in total. The van der Waals surface area contributed by atoms with Gasteiger partial charge in [0.25, 0.3) is 0 Å². The summed E-state index contributed by atoms with van der Waals surface area (Å²) in [6.45, 7) is -4.82. The second-order valence-electron chi connectivity index (χ2n) is 3.13. The Kier molecular flexibility index (Phi) is 7.62. The monoisotopic (exact) mass is 322 g/mol. The summed E-state index contributed by atoms with van der Waals surface area (Å²) in [5.74, 6) is 0. The summed E-state index contributed by atoms with van der Waals surface area (Å²) in [5, 5.41) is 0. The highest BCUT2D eigenvalue weighted by Gasteiger charge is 2.38. The van der Waals surface area contributed by atoms with E-state index in [1.807, 2.05) is 0 Å². The van der Waals surface area contributed by atoms with Gasteiger partial charge in [0, 0.05) is 0 Å². The SMILES string of the molecule is FC(F)(F)OCCOCCOC(F)(F)COC(F)(F)F. The fraction of sp³-hybridized carbons (Fsp3) is 1.00. The predicted molar refractivity (Wildman–Crippen MR) is 45.7 cm³/mol. The van der Waals surface area contributed by atoms with Crippen molar-refractivity contribution in [1.82, 2.24) is 0 Å². The Morgan fingerprint density at radius 1 is 0.550 bits per heavy atom. The van der Waals surface area contributed by atoms with E-state index in [1.165, 1.54) is 0 Å². The molecule has 0 saturated heterocycles. The van der Waals surface area contributed by atoms with Crippen LogP contribution >= 0.6 is 0 Å². The number of halogens is 8. The van der Waals surface area contributed by atoms with Crippen LogP contribution in [-0.2, 0) is 18.9 Å². The minimum Gasteiger partial charge on any atom is -0.377 e. The first-order valence-electron chi connectivity index (χ1n) is 4.92. The quantitative estimate of drug-likeness (QED) is 0.483. The van der Waals surface area contributed by atoms with E-state index in [0.29, 0.717) is 0 Å². The molecule has 0 heterocycles. The molecular weight excluding hydrogens is 312 g/mol. The van der Waals surface area contributed by atoms with Crippen LogP contribution in [0.5, 0.6) is 0 Å². The summed E-state index contributed by atoms with van der Waals surface area (Å²) < 4.78 is 108. The molecule has 0 N–H and O–H groups in total. The van der Waals surface area contributed by atoms with E-state index in [-0.39, 0.29) is 0 Å². The van der Waals surface area contributed by atoms with E-state index < -0.39 is 51.9 Å². The molecule has 0 amide bonds. The third-order valence-corrected chi connectivity index (χ3v) is 1.44. The van der Waals surface area contributed by atoms with Gasteiger partial charge in [0.1, 0.15) is 6.61 Å². The minimum atomic E-state index is -5.22. The number of ether oxygens (including phenoxy) is 4. The second kappa shape index (κ2) is 7.90. The molecule has 20 heavy (non-hydrogen) atoms. The molecule has 0 aliphatic rings. The van der Waals surface area contributed by atoms with Crippen molar-refractivity contribution in [2.75, 3.05) is 33.0 Å². The Bertz CT molecular complexity index is 264. The molecule has 0 saturated carbocycles. The number of alkyl halides is 8. The molecular formula is C8H10F8O4. The maximum absolute atomic E-state index is 12.6. The molecule has 0 aliphatic heterocycles. The molecule has 0 atom stereocenters. The highest BCUT2D eigenvalue weighted by molar-refractivity contribution is 4.51. The van der Waals surface area contributed by atoms with Gasteiger partial charge < -0.3 is 9.47 Å². The van der Waals surface area contributed by atoms with Crippen LogP contribution in [0.15, 0.2) is 0 Å². The van der Waals surface area contributed by atoms with Gasteiger partial charge >= 0.3 is 18.8 Å². The van der Waals surface area contributed by atoms with Crippen LogP contribution in [0.3, 0.4) is 0 Å². The van der Waals surface area contributed by atoms with Crippen LogP contribution in [0, 0.1) is 0 Å². The molecule has 0 fully saturated rings. The van der Waals surface area contributed by atoms with Crippen molar-refractivity contribution < 1.29 is 54.1 Å². The van der Waals surface area contributed by atoms with Crippen LogP contribution < -0.4 is 0 Å². The number of hydrogen-bond donors (Lipinski definition) is 0. The fourth-order valence-electron chi connectivity index (χ4n) is 0.776. The number of hydrogen-bond acceptors (Lipinski definition) is 4. The van der Waals surface area contributed by atoms with E-state index in [0.717, 1.165) is 0 Å². The van der Waals surface area contributed by atoms with Crippen LogP contribution in [-0.4, -0.2) is 51.9 Å². The first-order valence-corrected chi connectivity index (χ1v) is 4.92. The molecule has 0 rings (SSSR count). The van der Waals surface area contributed by atoms with Crippen molar-refractivity contribution in [1.29, 1.82) is 0 Å². The zero-order valence-electron chi connectivity index (χ0n) is 9.69. The van der Waals surface area contributed by atoms with E-state index in [9.17, 15) is 35.1 Å². The van der Waals surface area contributed by atoms with Crippen LogP contribution in [0.4, 0.5) is 35.1 Å². The topological polar surface area (TPSA) is 36.9 Å². The van der Waals surface area contributed by atoms with Gasteiger partial charge in [0.15, 0.2) is 0 Å². The maximum atomic E-state index is 12.6. The first-order chi connectivity index (χ1) is 8.91. The molecule has 0 aromatic carbocycles. The van der Waals surface area contributed by atoms with E-state index >= 15 is 0 Å². The van der Waals surface area contributed by atoms with Gasteiger partial charge in [-0.05, 0) is 0 Å². The van der Waals surface area contributed by atoms with Gasteiger partial charge in [-0.1, -0.05) is 0 Å². The summed E-state index contributed by atoms with van der Waals surface area (Å²) in [7, 11) is 0. The van der Waals surface area contributed by atoms with Gasteiger partial charge in [0.2, 0.25) is 0 Å². The third-order valence-electron chi connectivity index (χ3n) is 1.44. The fourth-order valence-corrected chi connectivity index (χ4v) is 0.776. The standard InChI is InChI=1S/C8H10F8O4/c9-6(10,5-20-8(14,15)16)18-3-1-17-2-4-19-7(11,12)13/h1-5H2. The number of rotatable bonds is 9. The summed E-state index contributed by atoms with van der Waals surface area (Å²) in [5.41, 5.74) is 0. The van der Waals surface area contributed by atoms with Crippen molar-refractivity contribution in [3.63, 3.8) is 0 Å². The average Bonchev–Trinajstić information content (AvgIpc) is 2.23. The predicted octanol–water partition coefficient (Wildman–Crippen LogP) is 2.69. The van der Waals surface area contributed by atoms with Crippen LogP contribution in [0.25, 0.3) is 0 Å².